The summed E-state index contributed by atoms with van der Waals surface area (Å²) in [5, 5.41) is 2.91. The average molecular weight is 291 g/mol. The fourth-order valence-electron chi connectivity index (χ4n) is 2.25. The topological polar surface area (TPSA) is 44.8 Å². The van der Waals surface area contributed by atoms with E-state index < -0.39 is 0 Å². The summed E-state index contributed by atoms with van der Waals surface area (Å²) >= 11 is 0. The van der Waals surface area contributed by atoms with Crippen molar-refractivity contribution < 1.29 is 9.53 Å². The Morgan fingerprint density at radius 1 is 1.19 bits per heavy atom. The van der Waals surface area contributed by atoms with Crippen LogP contribution in [0.3, 0.4) is 0 Å². The van der Waals surface area contributed by atoms with Crippen molar-refractivity contribution in [3.63, 3.8) is 0 Å². The van der Waals surface area contributed by atoms with Crippen molar-refractivity contribution >= 4 is 6.03 Å². The Morgan fingerprint density at radius 2 is 1.90 bits per heavy atom. The highest BCUT2D eigenvalue weighted by molar-refractivity contribution is 5.74. The molecule has 0 aliphatic carbocycles. The molecule has 1 aromatic carbocycles. The number of carbonyl (C=O) groups excluding carboxylic acids is 1. The van der Waals surface area contributed by atoms with Crippen LogP contribution in [0.4, 0.5) is 4.79 Å². The zero-order valence-corrected chi connectivity index (χ0v) is 13.2. The first-order valence-corrected chi connectivity index (χ1v) is 7.47. The molecule has 0 atom stereocenters. The van der Waals surface area contributed by atoms with E-state index in [0.29, 0.717) is 13.2 Å². The van der Waals surface area contributed by atoms with Crippen molar-refractivity contribution in [3.8, 4) is 5.75 Å². The highest BCUT2D eigenvalue weighted by Gasteiger charge is 2.18. The number of amides is 2. The fraction of sp³-hybridized carbons (Fsp3) is 0.562. The molecular weight excluding hydrogens is 266 g/mol. The molecule has 2 rings (SSSR count). The van der Waals surface area contributed by atoms with Crippen molar-refractivity contribution in [1.29, 1.82) is 0 Å². The Hall–Kier alpha value is -1.75. The van der Waals surface area contributed by atoms with Gasteiger partial charge in [-0.25, -0.2) is 4.79 Å². The van der Waals surface area contributed by atoms with Crippen LogP contribution in [0.15, 0.2) is 18.2 Å². The standard InChI is InChI=1S/C16H25N3O2/c1-13-4-5-15(12-14(13)2)21-11-6-17-16(20)19-9-7-18(3)8-10-19/h4-5,12H,6-11H2,1-3H3,(H,17,20). The number of ether oxygens (including phenoxy) is 1. The predicted octanol–water partition coefficient (Wildman–Crippen LogP) is 1.64. The van der Waals surface area contributed by atoms with E-state index in [-0.39, 0.29) is 6.03 Å². The van der Waals surface area contributed by atoms with E-state index in [1.54, 1.807) is 0 Å². The minimum Gasteiger partial charge on any atom is -0.492 e. The lowest BCUT2D eigenvalue weighted by atomic mass is 10.1. The van der Waals surface area contributed by atoms with E-state index in [2.05, 4.69) is 31.1 Å². The molecule has 5 heteroatoms. The quantitative estimate of drug-likeness (QED) is 0.858. The lowest BCUT2D eigenvalue weighted by Crippen LogP contribution is -2.51. The summed E-state index contributed by atoms with van der Waals surface area (Å²) in [7, 11) is 2.08. The van der Waals surface area contributed by atoms with Crippen LogP contribution in [0.1, 0.15) is 11.1 Å². The van der Waals surface area contributed by atoms with Gasteiger partial charge < -0.3 is 19.9 Å². The lowest BCUT2D eigenvalue weighted by molar-refractivity contribution is 0.153. The van der Waals surface area contributed by atoms with Gasteiger partial charge in [-0.3, -0.25) is 0 Å². The smallest absolute Gasteiger partial charge is 0.317 e. The van der Waals surface area contributed by atoms with Gasteiger partial charge in [0, 0.05) is 26.2 Å². The number of urea groups is 1. The maximum absolute atomic E-state index is 12.0. The first-order valence-electron chi connectivity index (χ1n) is 7.47. The molecule has 0 radical (unpaired) electrons. The van der Waals surface area contributed by atoms with Crippen molar-refractivity contribution in [1.82, 2.24) is 15.1 Å². The van der Waals surface area contributed by atoms with E-state index >= 15 is 0 Å². The minimum atomic E-state index is 0.00628. The predicted molar refractivity (Wildman–Crippen MR) is 83.9 cm³/mol. The number of nitrogens with zero attached hydrogens (tertiary/aromatic N) is 2. The number of likely N-dealkylation sites (N-methyl/N-ethyl adjacent to an activating group) is 1. The molecule has 116 valence electrons. The summed E-state index contributed by atoms with van der Waals surface area (Å²) in [5.41, 5.74) is 2.47. The van der Waals surface area contributed by atoms with Crippen LogP contribution >= 0.6 is 0 Å². The second-order valence-corrected chi connectivity index (χ2v) is 5.62. The van der Waals surface area contributed by atoms with Crippen LogP contribution in [0.25, 0.3) is 0 Å². The van der Waals surface area contributed by atoms with Gasteiger partial charge in [0.25, 0.3) is 0 Å². The van der Waals surface area contributed by atoms with Gasteiger partial charge in [0.2, 0.25) is 0 Å². The first-order chi connectivity index (χ1) is 10.1. The molecule has 0 spiro atoms. The van der Waals surface area contributed by atoms with Crippen molar-refractivity contribution in [2.24, 2.45) is 0 Å². The molecule has 2 amide bonds. The van der Waals surface area contributed by atoms with E-state index in [0.717, 1.165) is 31.9 Å². The molecule has 21 heavy (non-hydrogen) atoms. The Balaban J connectivity index is 1.67. The van der Waals surface area contributed by atoms with Crippen LogP contribution in [0, 0.1) is 13.8 Å². The molecule has 0 aromatic heterocycles. The number of benzene rings is 1. The number of nitrogens with one attached hydrogen (secondary N) is 1. The monoisotopic (exact) mass is 291 g/mol. The van der Waals surface area contributed by atoms with Crippen LogP contribution in [-0.4, -0.2) is 62.2 Å². The number of rotatable bonds is 4. The molecule has 0 saturated carbocycles. The third kappa shape index (κ3) is 4.63. The molecule has 1 N–H and O–H groups in total. The van der Waals surface area contributed by atoms with E-state index in [4.69, 9.17) is 4.74 Å². The Kier molecular flexibility index (Phi) is 5.44. The minimum absolute atomic E-state index is 0.00628. The maximum atomic E-state index is 12.0. The molecular formula is C16H25N3O2. The van der Waals surface area contributed by atoms with Gasteiger partial charge in [-0.2, -0.15) is 0 Å². The van der Waals surface area contributed by atoms with Gasteiger partial charge in [0.1, 0.15) is 12.4 Å². The molecule has 1 aromatic rings. The number of hydrogen-bond acceptors (Lipinski definition) is 3. The molecule has 1 heterocycles. The average Bonchev–Trinajstić information content (AvgIpc) is 2.47. The lowest BCUT2D eigenvalue weighted by Gasteiger charge is -2.32. The molecule has 1 aliphatic heterocycles. The summed E-state index contributed by atoms with van der Waals surface area (Å²) in [4.78, 5) is 16.0. The van der Waals surface area contributed by atoms with E-state index in [9.17, 15) is 4.79 Å². The fourth-order valence-corrected chi connectivity index (χ4v) is 2.25. The summed E-state index contributed by atoms with van der Waals surface area (Å²) < 4.78 is 5.66. The SMILES string of the molecule is Cc1ccc(OCCNC(=O)N2CCN(C)CC2)cc1C. The Bertz CT molecular complexity index is 482. The van der Waals surface area contributed by atoms with Gasteiger partial charge in [-0.05, 0) is 44.2 Å². The van der Waals surface area contributed by atoms with Crippen LogP contribution in [0.5, 0.6) is 5.75 Å². The second kappa shape index (κ2) is 7.31. The largest absolute Gasteiger partial charge is 0.492 e. The normalized spacial score (nSPS) is 15.9. The van der Waals surface area contributed by atoms with Gasteiger partial charge in [-0.15, -0.1) is 0 Å². The third-order valence-electron chi connectivity index (χ3n) is 3.92. The summed E-state index contributed by atoms with van der Waals surface area (Å²) in [5.74, 6) is 0.854. The zero-order valence-electron chi connectivity index (χ0n) is 13.2. The van der Waals surface area contributed by atoms with Crippen LogP contribution in [-0.2, 0) is 0 Å². The van der Waals surface area contributed by atoms with Crippen molar-refractivity contribution in [2.75, 3.05) is 46.4 Å². The first kappa shape index (κ1) is 15.6. The van der Waals surface area contributed by atoms with E-state index in [1.165, 1.54) is 11.1 Å². The number of hydrogen-bond donors (Lipinski definition) is 1. The van der Waals surface area contributed by atoms with Gasteiger partial charge in [0.15, 0.2) is 0 Å². The highest BCUT2D eigenvalue weighted by Crippen LogP contribution is 2.16. The van der Waals surface area contributed by atoms with Crippen molar-refractivity contribution in [3.05, 3.63) is 29.3 Å². The number of carbonyl (C=O) groups is 1. The second-order valence-electron chi connectivity index (χ2n) is 5.62. The Morgan fingerprint density at radius 3 is 2.57 bits per heavy atom. The summed E-state index contributed by atoms with van der Waals surface area (Å²) in [6, 6.07) is 6.04. The van der Waals surface area contributed by atoms with Gasteiger partial charge in [0.05, 0.1) is 6.54 Å². The van der Waals surface area contributed by atoms with Gasteiger partial charge >= 0.3 is 6.03 Å². The molecule has 1 aliphatic rings. The highest BCUT2D eigenvalue weighted by atomic mass is 16.5. The molecule has 1 saturated heterocycles. The van der Waals surface area contributed by atoms with Gasteiger partial charge in [-0.1, -0.05) is 6.07 Å². The maximum Gasteiger partial charge on any atom is 0.317 e. The molecule has 5 nitrogen and oxygen atoms in total. The molecule has 0 unspecified atom stereocenters. The molecule has 1 fully saturated rings. The number of aryl methyl sites for hydroxylation is 2. The Labute approximate surface area is 126 Å². The van der Waals surface area contributed by atoms with Crippen LogP contribution < -0.4 is 10.1 Å². The van der Waals surface area contributed by atoms with Crippen LogP contribution in [0.2, 0.25) is 0 Å². The molecule has 0 bridgehead atoms. The third-order valence-corrected chi connectivity index (χ3v) is 3.92. The zero-order chi connectivity index (χ0) is 15.2. The summed E-state index contributed by atoms with van der Waals surface area (Å²) in [6.07, 6.45) is 0. The number of piperazine rings is 1. The summed E-state index contributed by atoms with van der Waals surface area (Å²) in [6.45, 7) is 8.62. The van der Waals surface area contributed by atoms with E-state index in [1.807, 2.05) is 23.1 Å². The van der Waals surface area contributed by atoms with Crippen molar-refractivity contribution in [2.45, 2.75) is 13.8 Å².